The minimum atomic E-state index is -0.406. The maximum atomic E-state index is 9.45. The monoisotopic (exact) mass is 229 g/mol. The Balaban J connectivity index is 2.55. The molecule has 2 rings (SSSR count). The Morgan fingerprint density at radius 1 is 1.41 bits per heavy atom. The molecule has 90 valence electrons. The van der Waals surface area contributed by atoms with Crippen LogP contribution in [-0.2, 0) is 5.41 Å². The van der Waals surface area contributed by atoms with Crippen LogP contribution < -0.4 is 4.74 Å². The lowest BCUT2D eigenvalue weighted by atomic mass is 9.79. The van der Waals surface area contributed by atoms with Crippen LogP contribution in [0.1, 0.15) is 50.7 Å². The molecule has 0 N–H and O–H groups in total. The van der Waals surface area contributed by atoms with Crippen LogP contribution in [0.15, 0.2) is 18.2 Å². The molecule has 0 bridgehead atoms. The molecular weight excluding hydrogens is 210 g/mol. The summed E-state index contributed by atoms with van der Waals surface area (Å²) in [5.74, 6) is 1.36. The maximum Gasteiger partial charge on any atom is 0.124 e. The Bertz CT molecular complexity index is 458. The minimum absolute atomic E-state index is 0.406. The summed E-state index contributed by atoms with van der Waals surface area (Å²) < 4.78 is 5.73. The van der Waals surface area contributed by atoms with Crippen molar-refractivity contribution >= 4 is 0 Å². The van der Waals surface area contributed by atoms with E-state index in [4.69, 9.17) is 4.74 Å². The zero-order valence-corrected chi connectivity index (χ0v) is 10.8. The highest BCUT2D eigenvalue weighted by molar-refractivity contribution is 5.46. The van der Waals surface area contributed by atoms with Crippen molar-refractivity contribution in [2.24, 2.45) is 0 Å². The van der Waals surface area contributed by atoms with Crippen molar-refractivity contribution in [3.8, 4) is 11.8 Å². The smallest absolute Gasteiger partial charge is 0.124 e. The Hall–Kier alpha value is -1.49. The zero-order chi connectivity index (χ0) is 12.5. The SMILES string of the molecule is CC(C)c1ccc2c(c1)C(C)(C#N)CCCO2. The normalized spacial score (nSPS) is 23.5. The van der Waals surface area contributed by atoms with E-state index in [1.165, 1.54) is 5.56 Å². The molecule has 0 fully saturated rings. The van der Waals surface area contributed by atoms with E-state index in [9.17, 15) is 5.26 Å². The van der Waals surface area contributed by atoms with E-state index in [2.05, 4.69) is 32.0 Å². The van der Waals surface area contributed by atoms with Crippen molar-refractivity contribution in [3.05, 3.63) is 29.3 Å². The average Bonchev–Trinajstić information content (AvgIpc) is 2.49. The number of nitriles is 1. The highest BCUT2D eigenvalue weighted by atomic mass is 16.5. The maximum absolute atomic E-state index is 9.45. The number of benzene rings is 1. The van der Waals surface area contributed by atoms with E-state index >= 15 is 0 Å². The standard InChI is InChI=1S/C15H19NO/c1-11(2)12-5-6-14-13(9-12)15(3,10-16)7-4-8-17-14/h5-6,9,11H,4,7-8H2,1-3H3. The second-order valence-electron chi connectivity index (χ2n) is 5.31. The summed E-state index contributed by atoms with van der Waals surface area (Å²) in [5.41, 5.74) is 1.93. The predicted molar refractivity (Wildman–Crippen MR) is 68.2 cm³/mol. The van der Waals surface area contributed by atoms with E-state index in [1.807, 2.05) is 13.0 Å². The molecular formula is C15H19NO. The molecule has 17 heavy (non-hydrogen) atoms. The molecule has 0 aromatic heterocycles. The predicted octanol–water partition coefficient (Wildman–Crippen LogP) is 3.76. The van der Waals surface area contributed by atoms with Gasteiger partial charge in [-0.2, -0.15) is 5.26 Å². The number of ether oxygens (including phenoxy) is 1. The Morgan fingerprint density at radius 2 is 2.18 bits per heavy atom. The number of nitrogens with zero attached hydrogens (tertiary/aromatic N) is 1. The molecule has 1 atom stereocenters. The van der Waals surface area contributed by atoms with Gasteiger partial charge in [-0.25, -0.2) is 0 Å². The largest absolute Gasteiger partial charge is 0.493 e. The summed E-state index contributed by atoms with van der Waals surface area (Å²) in [4.78, 5) is 0. The fourth-order valence-corrected chi connectivity index (χ4v) is 2.32. The first-order valence-electron chi connectivity index (χ1n) is 6.25. The summed E-state index contributed by atoms with van der Waals surface area (Å²) >= 11 is 0. The molecule has 2 heteroatoms. The molecule has 0 spiro atoms. The van der Waals surface area contributed by atoms with Gasteiger partial charge in [0, 0.05) is 5.56 Å². The summed E-state index contributed by atoms with van der Waals surface area (Å²) in [6, 6.07) is 8.73. The van der Waals surface area contributed by atoms with Gasteiger partial charge in [0.15, 0.2) is 0 Å². The van der Waals surface area contributed by atoms with Crippen LogP contribution in [0.2, 0.25) is 0 Å². The molecule has 0 saturated heterocycles. The van der Waals surface area contributed by atoms with Gasteiger partial charge in [-0.3, -0.25) is 0 Å². The third-order valence-electron chi connectivity index (χ3n) is 3.59. The highest BCUT2D eigenvalue weighted by Gasteiger charge is 2.32. The lowest BCUT2D eigenvalue weighted by Crippen LogP contribution is -2.18. The van der Waals surface area contributed by atoms with Crippen molar-refractivity contribution in [2.75, 3.05) is 6.61 Å². The fraction of sp³-hybridized carbons (Fsp3) is 0.533. The Kier molecular flexibility index (Phi) is 3.11. The van der Waals surface area contributed by atoms with Gasteiger partial charge >= 0.3 is 0 Å². The third kappa shape index (κ3) is 2.15. The lowest BCUT2D eigenvalue weighted by molar-refractivity contribution is 0.315. The van der Waals surface area contributed by atoms with E-state index in [0.29, 0.717) is 12.5 Å². The average molecular weight is 229 g/mol. The van der Waals surface area contributed by atoms with Gasteiger partial charge < -0.3 is 4.74 Å². The van der Waals surface area contributed by atoms with Crippen LogP contribution in [-0.4, -0.2) is 6.61 Å². The van der Waals surface area contributed by atoms with E-state index in [0.717, 1.165) is 24.2 Å². The van der Waals surface area contributed by atoms with Gasteiger partial charge in [0.2, 0.25) is 0 Å². The molecule has 1 heterocycles. The van der Waals surface area contributed by atoms with Crippen molar-refractivity contribution in [2.45, 2.75) is 44.9 Å². The first-order chi connectivity index (χ1) is 8.07. The van der Waals surface area contributed by atoms with Crippen LogP contribution in [0.25, 0.3) is 0 Å². The van der Waals surface area contributed by atoms with Crippen molar-refractivity contribution in [1.82, 2.24) is 0 Å². The van der Waals surface area contributed by atoms with Gasteiger partial charge in [-0.15, -0.1) is 0 Å². The van der Waals surface area contributed by atoms with Crippen molar-refractivity contribution in [1.29, 1.82) is 5.26 Å². The van der Waals surface area contributed by atoms with Crippen LogP contribution >= 0.6 is 0 Å². The third-order valence-corrected chi connectivity index (χ3v) is 3.59. The van der Waals surface area contributed by atoms with E-state index in [-0.39, 0.29) is 0 Å². The summed E-state index contributed by atoms with van der Waals surface area (Å²) in [6.07, 6.45) is 1.81. The molecule has 0 saturated carbocycles. The molecule has 0 aliphatic carbocycles. The molecule has 0 radical (unpaired) electrons. The molecule has 1 unspecified atom stereocenters. The summed E-state index contributed by atoms with van der Waals surface area (Å²) in [5, 5.41) is 9.45. The fourth-order valence-electron chi connectivity index (χ4n) is 2.32. The van der Waals surface area contributed by atoms with Crippen LogP contribution in [0.3, 0.4) is 0 Å². The quantitative estimate of drug-likeness (QED) is 0.734. The first kappa shape index (κ1) is 12.0. The lowest BCUT2D eigenvalue weighted by Gasteiger charge is -2.22. The molecule has 1 aliphatic rings. The number of hydrogen-bond donors (Lipinski definition) is 0. The van der Waals surface area contributed by atoms with Gasteiger partial charge in [0.25, 0.3) is 0 Å². The van der Waals surface area contributed by atoms with Crippen molar-refractivity contribution < 1.29 is 4.74 Å². The Labute approximate surface area is 103 Å². The van der Waals surface area contributed by atoms with Gasteiger partial charge in [0.1, 0.15) is 5.75 Å². The summed E-state index contributed by atoms with van der Waals surface area (Å²) in [7, 11) is 0. The minimum Gasteiger partial charge on any atom is -0.493 e. The van der Waals surface area contributed by atoms with Crippen LogP contribution in [0, 0.1) is 11.3 Å². The van der Waals surface area contributed by atoms with E-state index in [1.54, 1.807) is 0 Å². The summed E-state index contributed by atoms with van der Waals surface area (Å²) in [6.45, 7) is 7.07. The molecule has 1 aromatic carbocycles. The van der Waals surface area contributed by atoms with Gasteiger partial charge in [-0.1, -0.05) is 26.0 Å². The first-order valence-corrected chi connectivity index (χ1v) is 6.25. The molecule has 2 nitrogen and oxygen atoms in total. The number of rotatable bonds is 1. The molecule has 1 aromatic rings. The molecule has 1 aliphatic heterocycles. The number of hydrogen-bond acceptors (Lipinski definition) is 2. The highest BCUT2D eigenvalue weighted by Crippen LogP contribution is 2.39. The van der Waals surface area contributed by atoms with Crippen LogP contribution in [0.4, 0.5) is 0 Å². The second-order valence-corrected chi connectivity index (χ2v) is 5.31. The van der Waals surface area contributed by atoms with Gasteiger partial charge in [-0.05, 0) is 37.3 Å². The van der Waals surface area contributed by atoms with Gasteiger partial charge in [0.05, 0.1) is 18.1 Å². The van der Waals surface area contributed by atoms with Crippen LogP contribution in [0.5, 0.6) is 5.75 Å². The zero-order valence-electron chi connectivity index (χ0n) is 10.8. The van der Waals surface area contributed by atoms with Crippen molar-refractivity contribution in [3.63, 3.8) is 0 Å². The Morgan fingerprint density at radius 3 is 2.82 bits per heavy atom. The topological polar surface area (TPSA) is 33.0 Å². The second kappa shape index (κ2) is 4.41. The molecule has 0 amide bonds. The van der Waals surface area contributed by atoms with E-state index < -0.39 is 5.41 Å². The number of fused-ring (bicyclic) bond motifs is 1.